The molecule has 0 unspecified atom stereocenters. The molecule has 154 valence electrons. The smallest absolute Gasteiger partial charge is 0.131 e. The third-order valence-electron chi connectivity index (χ3n) is 4.41. The molecule has 0 aliphatic heterocycles. The second kappa shape index (κ2) is 10.2. The molecule has 0 aliphatic carbocycles. The van der Waals surface area contributed by atoms with Crippen molar-refractivity contribution in [3.8, 4) is 17.2 Å². The Bertz CT molecular complexity index is 1160. The van der Waals surface area contributed by atoms with Crippen molar-refractivity contribution in [2.75, 3.05) is 7.11 Å². The first-order valence-electron chi connectivity index (χ1n) is 9.67. The summed E-state index contributed by atoms with van der Waals surface area (Å²) in [6, 6.07) is 31.3. The summed E-state index contributed by atoms with van der Waals surface area (Å²) in [6.45, 7) is 0. The summed E-state index contributed by atoms with van der Waals surface area (Å²) in [5.74, 6) is 2.24. The van der Waals surface area contributed by atoms with Gasteiger partial charge in [0.25, 0.3) is 0 Å². The van der Waals surface area contributed by atoms with Gasteiger partial charge in [-0.15, -0.1) is 0 Å². The maximum Gasteiger partial charge on any atom is 0.131 e. The lowest BCUT2D eigenvalue weighted by Crippen LogP contribution is -1.86. The molecule has 0 saturated carbocycles. The standard InChI is InChI=1S/C26H20ClNO2S/c1-29-23-3-2-4-24(17-23)30-22-11-9-21(10-12-22)28-18-19-5-13-25(14-6-19)31-26-15-7-20(27)8-16-26/h2-18H,1H3. The third kappa shape index (κ3) is 6.14. The molecule has 31 heavy (non-hydrogen) atoms. The van der Waals surface area contributed by atoms with Crippen LogP contribution in [0.25, 0.3) is 0 Å². The molecule has 5 heteroatoms. The van der Waals surface area contributed by atoms with Crippen LogP contribution in [-0.4, -0.2) is 13.3 Å². The van der Waals surface area contributed by atoms with Gasteiger partial charge in [0.2, 0.25) is 0 Å². The minimum Gasteiger partial charge on any atom is -0.497 e. The molecular weight excluding hydrogens is 426 g/mol. The molecule has 0 bridgehead atoms. The van der Waals surface area contributed by atoms with Gasteiger partial charge >= 0.3 is 0 Å². The number of hydrogen-bond donors (Lipinski definition) is 0. The van der Waals surface area contributed by atoms with Crippen molar-refractivity contribution in [1.82, 2.24) is 0 Å². The van der Waals surface area contributed by atoms with Gasteiger partial charge in [-0.3, -0.25) is 4.99 Å². The van der Waals surface area contributed by atoms with Crippen LogP contribution < -0.4 is 9.47 Å². The van der Waals surface area contributed by atoms with E-state index in [0.717, 1.165) is 38.4 Å². The van der Waals surface area contributed by atoms with E-state index in [0.29, 0.717) is 0 Å². The van der Waals surface area contributed by atoms with Gasteiger partial charge in [0.15, 0.2) is 0 Å². The zero-order chi connectivity index (χ0) is 21.5. The van der Waals surface area contributed by atoms with Crippen molar-refractivity contribution < 1.29 is 9.47 Å². The molecule has 3 nitrogen and oxygen atoms in total. The van der Waals surface area contributed by atoms with Crippen molar-refractivity contribution in [2.45, 2.75) is 9.79 Å². The Kier molecular flexibility index (Phi) is 6.92. The molecule has 0 amide bonds. The quantitative estimate of drug-likeness (QED) is 0.269. The van der Waals surface area contributed by atoms with Gasteiger partial charge in [0.05, 0.1) is 12.8 Å². The van der Waals surface area contributed by atoms with E-state index >= 15 is 0 Å². The first kappa shape index (κ1) is 21.0. The van der Waals surface area contributed by atoms with Crippen molar-refractivity contribution >= 4 is 35.3 Å². The number of aliphatic imine (C=N–C) groups is 1. The van der Waals surface area contributed by atoms with Gasteiger partial charge in [0, 0.05) is 27.1 Å². The van der Waals surface area contributed by atoms with E-state index in [9.17, 15) is 0 Å². The summed E-state index contributed by atoms with van der Waals surface area (Å²) in [6.07, 6.45) is 1.86. The molecule has 0 radical (unpaired) electrons. The van der Waals surface area contributed by atoms with Crippen molar-refractivity contribution in [3.63, 3.8) is 0 Å². The highest BCUT2D eigenvalue weighted by atomic mass is 35.5. The van der Waals surface area contributed by atoms with Gasteiger partial charge in [-0.1, -0.05) is 41.6 Å². The van der Waals surface area contributed by atoms with E-state index in [1.807, 2.05) is 79.0 Å². The number of nitrogens with zero attached hydrogens (tertiary/aromatic N) is 1. The molecule has 0 atom stereocenters. The number of ether oxygens (including phenoxy) is 2. The second-order valence-corrected chi connectivity index (χ2v) is 8.24. The first-order chi connectivity index (χ1) is 15.2. The Hall–Kier alpha value is -3.21. The van der Waals surface area contributed by atoms with E-state index in [2.05, 4.69) is 29.3 Å². The van der Waals surface area contributed by atoms with Crippen molar-refractivity contribution in [1.29, 1.82) is 0 Å². The SMILES string of the molecule is COc1cccc(Oc2ccc(N=Cc3ccc(Sc4ccc(Cl)cc4)cc3)cc2)c1. The van der Waals surface area contributed by atoms with Gasteiger partial charge in [-0.2, -0.15) is 0 Å². The molecule has 0 aromatic heterocycles. The van der Waals surface area contributed by atoms with Crippen LogP contribution >= 0.6 is 23.4 Å². The lowest BCUT2D eigenvalue weighted by molar-refractivity contribution is 0.409. The molecule has 0 aliphatic rings. The number of rotatable bonds is 7. The van der Waals surface area contributed by atoms with Gasteiger partial charge in [-0.05, 0) is 78.4 Å². The van der Waals surface area contributed by atoms with Crippen LogP contribution in [0.5, 0.6) is 17.2 Å². The molecule has 0 heterocycles. The highest BCUT2D eigenvalue weighted by Crippen LogP contribution is 2.29. The topological polar surface area (TPSA) is 30.8 Å². The average Bonchev–Trinajstić information content (AvgIpc) is 2.81. The van der Waals surface area contributed by atoms with E-state index in [1.165, 1.54) is 4.90 Å². The Morgan fingerprint density at radius 3 is 2.06 bits per heavy atom. The number of halogens is 1. The van der Waals surface area contributed by atoms with Crippen LogP contribution in [0.2, 0.25) is 5.02 Å². The van der Waals surface area contributed by atoms with Gasteiger partial charge < -0.3 is 9.47 Å². The Balaban J connectivity index is 1.36. The fourth-order valence-corrected chi connectivity index (χ4v) is 3.75. The summed E-state index contributed by atoms with van der Waals surface area (Å²) in [4.78, 5) is 6.87. The largest absolute Gasteiger partial charge is 0.497 e. The lowest BCUT2D eigenvalue weighted by atomic mass is 10.2. The van der Waals surface area contributed by atoms with Crippen LogP contribution in [0.1, 0.15) is 5.56 Å². The second-order valence-electron chi connectivity index (χ2n) is 6.66. The molecule has 0 saturated heterocycles. The normalized spacial score (nSPS) is 10.9. The lowest BCUT2D eigenvalue weighted by Gasteiger charge is -2.07. The van der Waals surface area contributed by atoms with Crippen LogP contribution in [0.3, 0.4) is 0 Å². The van der Waals surface area contributed by atoms with Crippen molar-refractivity contribution in [2.24, 2.45) is 4.99 Å². The van der Waals surface area contributed by atoms with E-state index < -0.39 is 0 Å². The highest BCUT2D eigenvalue weighted by molar-refractivity contribution is 7.99. The van der Waals surface area contributed by atoms with Crippen LogP contribution in [0.15, 0.2) is 112 Å². The molecule has 4 aromatic carbocycles. The van der Waals surface area contributed by atoms with E-state index in [1.54, 1.807) is 18.9 Å². The fourth-order valence-electron chi connectivity index (χ4n) is 2.81. The van der Waals surface area contributed by atoms with Crippen LogP contribution in [0.4, 0.5) is 5.69 Å². The van der Waals surface area contributed by atoms with E-state index in [-0.39, 0.29) is 0 Å². The maximum absolute atomic E-state index is 5.94. The summed E-state index contributed by atoms with van der Waals surface area (Å²) < 4.78 is 11.1. The van der Waals surface area contributed by atoms with Crippen LogP contribution in [-0.2, 0) is 0 Å². The van der Waals surface area contributed by atoms with Gasteiger partial charge in [0.1, 0.15) is 17.2 Å². The summed E-state index contributed by atoms with van der Waals surface area (Å²) in [5, 5.41) is 0.746. The number of benzene rings is 4. The minimum atomic E-state index is 0.729. The summed E-state index contributed by atoms with van der Waals surface area (Å²) in [5.41, 5.74) is 1.90. The number of hydrogen-bond acceptors (Lipinski definition) is 4. The van der Waals surface area contributed by atoms with E-state index in [4.69, 9.17) is 21.1 Å². The molecule has 0 spiro atoms. The van der Waals surface area contributed by atoms with Gasteiger partial charge in [-0.25, -0.2) is 0 Å². The average molecular weight is 446 g/mol. The fraction of sp³-hybridized carbons (Fsp3) is 0.0385. The zero-order valence-electron chi connectivity index (χ0n) is 16.9. The first-order valence-corrected chi connectivity index (χ1v) is 10.9. The molecular formula is C26H20ClNO2S. The number of methoxy groups -OCH3 is 1. The predicted molar refractivity (Wildman–Crippen MR) is 129 cm³/mol. The summed E-state index contributed by atoms with van der Waals surface area (Å²) in [7, 11) is 1.64. The maximum atomic E-state index is 5.94. The monoisotopic (exact) mass is 445 g/mol. The molecule has 4 rings (SSSR count). The third-order valence-corrected chi connectivity index (χ3v) is 5.67. The Labute approximate surface area is 191 Å². The van der Waals surface area contributed by atoms with Crippen molar-refractivity contribution in [3.05, 3.63) is 108 Å². The zero-order valence-corrected chi connectivity index (χ0v) is 18.4. The highest BCUT2D eigenvalue weighted by Gasteiger charge is 2.00. The molecule has 0 N–H and O–H groups in total. The Morgan fingerprint density at radius 2 is 1.39 bits per heavy atom. The van der Waals surface area contributed by atoms with Crippen LogP contribution in [0, 0.1) is 0 Å². The predicted octanol–water partition coefficient (Wildman–Crippen LogP) is 8.04. The minimum absolute atomic E-state index is 0.729. The summed E-state index contributed by atoms with van der Waals surface area (Å²) >= 11 is 7.64. The molecule has 4 aromatic rings. The Morgan fingerprint density at radius 1 is 0.742 bits per heavy atom. The molecule has 0 fully saturated rings.